The van der Waals surface area contributed by atoms with E-state index in [0.717, 1.165) is 25.7 Å². The second kappa shape index (κ2) is 9.96. The van der Waals surface area contributed by atoms with Gasteiger partial charge in [-0.15, -0.1) is 29.9 Å². The lowest BCUT2D eigenvalue weighted by Gasteiger charge is -2.32. The number of ether oxygens (including phenoxy) is 1. The van der Waals surface area contributed by atoms with Crippen molar-refractivity contribution < 1.29 is 13.5 Å². The molecule has 0 aliphatic heterocycles. The molecule has 1 heterocycles. The van der Waals surface area contributed by atoms with Crippen molar-refractivity contribution in [1.82, 2.24) is 10.2 Å². The second-order valence-corrected chi connectivity index (χ2v) is 6.57. The first kappa shape index (κ1) is 23.3. The fraction of sp³-hybridized carbons (Fsp3) is 0.529. The van der Waals surface area contributed by atoms with Gasteiger partial charge in [-0.3, -0.25) is 0 Å². The van der Waals surface area contributed by atoms with E-state index in [4.69, 9.17) is 14.9 Å². The number of aromatic amines is 1. The molecule has 27 heavy (non-hydrogen) atoms. The van der Waals surface area contributed by atoms with Crippen molar-refractivity contribution in [3.8, 4) is 17.2 Å². The highest BCUT2D eigenvalue weighted by Gasteiger charge is 2.25. The molecule has 0 bridgehead atoms. The van der Waals surface area contributed by atoms with Crippen molar-refractivity contribution in [3.63, 3.8) is 0 Å². The maximum Gasteiger partial charge on any atom is 0.434 e. The van der Waals surface area contributed by atoms with E-state index in [1.165, 1.54) is 13.2 Å². The lowest BCUT2D eigenvalue weighted by Crippen LogP contribution is -2.34. The summed E-state index contributed by atoms with van der Waals surface area (Å²) in [6, 6.07) is 3.31. The molecule has 1 atom stereocenters. The predicted molar refractivity (Wildman–Crippen MR) is 107 cm³/mol. The number of rotatable bonds is 5. The first-order chi connectivity index (χ1) is 12.0. The van der Waals surface area contributed by atoms with E-state index in [0.29, 0.717) is 17.2 Å². The van der Waals surface area contributed by atoms with Crippen molar-refractivity contribution in [2.45, 2.75) is 44.7 Å². The van der Waals surface area contributed by atoms with Crippen LogP contribution in [0.4, 0.5) is 10.1 Å². The molecule has 152 valence electrons. The highest BCUT2D eigenvalue weighted by molar-refractivity contribution is 5.85. The zero-order valence-corrected chi connectivity index (χ0v) is 16.8. The highest BCUT2D eigenvalue weighted by Crippen LogP contribution is 2.35. The fourth-order valence-corrected chi connectivity index (χ4v) is 3.39. The molecule has 0 amide bonds. The Morgan fingerprint density at radius 2 is 2.00 bits per heavy atom. The molecular weight excluding hydrogens is 398 g/mol. The molecule has 0 unspecified atom stereocenters. The summed E-state index contributed by atoms with van der Waals surface area (Å²) in [6.07, 6.45) is 4.07. The predicted octanol–water partition coefficient (Wildman–Crippen LogP) is 3.34. The minimum absolute atomic E-state index is 0. The van der Waals surface area contributed by atoms with Crippen molar-refractivity contribution in [2.24, 2.45) is 11.7 Å². The zero-order chi connectivity index (χ0) is 18.0. The van der Waals surface area contributed by atoms with Gasteiger partial charge in [0.1, 0.15) is 0 Å². The van der Waals surface area contributed by atoms with Crippen LogP contribution in [0.25, 0.3) is 11.5 Å². The summed E-state index contributed by atoms with van der Waals surface area (Å²) >= 11 is 0. The number of hydrogen-bond donors (Lipinski definition) is 3. The summed E-state index contributed by atoms with van der Waals surface area (Å²) in [7, 11) is 1.42. The van der Waals surface area contributed by atoms with Crippen LogP contribution in [0.15, 0.2) is 21.3 Å². The molecule has 2 aromatic rings. The molecular formula is C17H25Cl2FN4O3. The Labute approximate surface area is 169 Å². The first-order valence-electron chi connectivity index (χ1n) is 8.43. The van der Waals surface area contributed by atoms with E-state index in [1.807, 2.05) is 0 Å². The smallest absolute Gasteiger partial charge is 0.434 e. The molecule has 0 spiro atoms. The van der Waals surface area contributed by atoms with Crippen LogP contribution < -0.4 is 21.5 Å². The zero-order valence-electron chi connectivity index (χ0n) is 15.2. The first-order valence-corrected chi connectivity index (χ1v) is 8.43. The molecule has 1 aromatic heterocycles. The Bertz CT molecular complexity index is 791. The summed E-state index contributed by atoms with van der Waals surface area (Å²) < 4.78 is 24.5. The Kier molecular flexibility index (Phi) is 8.59. The molecule has 1 fully saturated rings. The van der Waals surface area contributed by atoms with Crippen molar-refractivity contribution in [2.75, 3.05) is 12.4 Å². The summed E-state index contributed by atoms with van der Waals surface area (Å²) in [6.45, 7) is 2.07. The van der Waals surface area contributed by atoms with Crippen LogP contribution in [0.1, 0.15) is 32.6 Å². The van der Waals surface area contributed by atoms with Crippen LogP contribution in [0.2, 0.25) is 0 Å². The van der Waals surface area contributed by atoms with Gasteiger partial charge in [0.25, 0.3) is 0 Å². The molecule has 1 aliphatic rings. The van der Waals surface area contributed by atoms with Crippen LogP contribution in [-0.2, 0) is 0 Å². The van der Waals surface area contributed by atoms with Crippen molar-refractivity contribution in [3.05, 3.63) is 28.5 Å². The van der Waals surface area contributed by atoms with Gasteiger partial charge in [-0.2, -0.15) is 0 Å². The third-order valence-corrected chi connectivity index (χ3v) is 4.84. The molecule has 0 saturated heterocycles. The Hall–Kier alpha value is -1.77. The largest absolute Gasteiger partial charge is 0.492 e. The van der Waals surface area contributed by atoms with Gasteiger partial charge in [-0.1, -0.05) is 0 Å². The van der Waals surface area contributed by atoms with Gasteiger partial charge in [0.05, 0.1) is 12.8 Å². The average Bonchev–Trinajstić information content (AvgIpc) is 3.01. The van der Waals surface area contributed by atoms with Gasteiger partial charge in [0.2, 0.25) is 5.89 Å². The molecule has 1 aromatic carbocycles. The fourth-order valence-electron chi connectivity index (χ4n) is 3.39. The Balaban J connectivity index is 0.00000182. The number of benzene rings is 1. The quantitative estimate of drug-likeness (QED) is 0.681. The molecule has 7 nitrogen and oxygen atoms in total. The normalized spacial score (nSPS) is 20.1. The number of aromatic nitrogens is 2. The number of H-pyrrole nitrogens is 1. The summed E-state index contributed by atoms with van der Waals surface area (Å²) in [5.41, 5.74) is 6.83. The molecule has 4 N–H and O–H groups in total. The van der Waals surface area contributed by atoms with E-state index in [2.05, 4.69) is 22.4 Å². The van der Waals surface area contributed by atoms with E-state index in [-0.39, 0.29) is 48.5 Å². The maximum atomic E-state index is 14.4. The lowest BCUT2D eigenvalue weighted by molar-refractivity contribution is 0.301. The number of nitrogens with one attached hydrogen (secondary N) is 2. The van der Waals surface area contributed by atoms with Gasteiger partial charge in [-0.25, -0.2) is 14.3 Å². The van der Waals surface area contributed by atoms with Crippen molar-refractivity contribution in [1.29, 1.82) is 0 Å². The second-order valence-electron chi connectivity index (χ2n) is 6.57. The minimum Gasteiger partial charge on any atom is -0.492 e. The molecule has 3 rings (SSSR count). The van der Waals surface area contributed by atoms with Gasteiger partial charge < -0.3 is 20.2 Å². The molecule has 10 heteroatoms. The third-order valence-electron chi connectivity index (χ3n) is 4.84. The summed E-state index contributed by atoms with van der Waals surface area (Å²) in [4.78, 5) is 11.1. The monoisotopic (exact) mass is 422 g/mol. The number of hydrogen-bond acceptors (Lipinski definition) is 6. The Morgan fingerprint density at radius 1 is 1.33 bits per heavy atom. The minimum atomic E-state index is -0.687. The summed E-state index contributed by atoms with van der Waals surface area (Å²) in [5.74, 6) is -0.620. The van der Waals surface area contributed by atoms with E-state index in [1.54, 1.807) is 6.07 Å². The number of methoxy groups -OCH3 is 1. The van der Waals surface area contributed by atoms with Crippen LogP contribution in [-0.4, -0.2) is 29.4 Å². The highest BCUT2D eigenvalue weighted by atomic mass is 35.5. The van der Waals surface area contributed by atoms with E-state index in [9.17, 15) is 9.18 Å². The lowest BCUT2D eigenvalue weighted by atomic mass is 9.82. The SMILES string of the molecule is COc1c(F)cc(-c2n[nH]c(=O)o2)cc1N[C@@H](C)C1CCC(N)CC1.Cl.Cl. The molecule has 1 saturated carbocycles. The maximum absolute atomic E-state index is 14.4. The Morgan fingerprint density at radius 3 is 2.56 bits per heavy atom. The van der Waals surface area contributed by atoms with Crippen molar-refractivity contribution >= 4 is 30.5 Å². The van der Waals surface area contributed by atoms with Gasteiger partial charge in [0.15, 0.2) is 11.6 Å². The van der Waals surface area contributed by atoms with Crippen LogP contribution in [0.3, 0.4) is 0 Å². The topological polar surface area (TPSA) is 106 Å². The molecule has 1 aliphatic carbocycles. The van der Waals surface area contributed by atoms with E-state index >= 15 is 0 Å². The van der Waals surface area contributed by atoms with Crippen LogP contribution in [0.5, 0.6) is 5.75 Å². The van der Waals surface area contributed by atoms with Crippen LogP contribution in [0, 0.1) is 11.7 Å². The number of anilines is 1. The summed E-state index contributed by atoms with van der Waals surface area (Å²) in [5, 5.41) is 9.26. The average molecular weight is 423 g/mol. The van der Waals surface area contributed by atoms with Crippen LogP contribution >= 0.6 is 24.8 Å². The van der Waals surface area contributed by atoms with Gasteiger partial charge in [-0.05, 0) is 50.7 Å². The number of nitrogens with two attached hydrogens (primary N) is 1. The molecule has 0 radical (unpaired) electrons. The number of halogens is 3. The van der Waals surface area contributed by atoms with Gasteiger partial charge in [0, 0.05) is 17.6 Å². The third kappa shape index (κ3) is 5.37. The van der Waals surface area contributed by atoms with Gasteiger partial charge >= 0.3 is 5.76 Å². The number of nitrogens with zero attached hydrogens (tertiary/aromatic N) is 1. The van der Waals surface area contributed by atoms with E-state index < -0.39 is 11.6 Å². The standard InChI is InChI=1S/C17H23FN4O3.2ClH/c1-9(10-3-5-12(19)6-4-10)20-14-8-11(7-13(18)15(14)24-2)16-21-22-17(23)25-16;;/h7-10,12,20H,3-6,19H2,1-2H3,(H,22,23);2*1H/t9-,10?,12?;;/m0../s1.